The molecule has 21 heavy (non-hydrogen) atoms. The van der Waals surface area contributed by atoms with Crippen molar-refractivity contribution in [3.8, 4) is 5.75 Å². The van der Waals surface area contributed by atoms with Gasteiger partial charge >= 0.3 is 0 Å². The topological polar surface area (TPSA) is 9.23 Å². The first-order valence-corrected chi connectivity index (χ1v) is 7.80. The average molecular weight is 303 g/mol. The lowest BCUT2D eigenvalue weighted by Crippen LogP contribution is -2.15. The molecule has 2 aromatic carbocycles. The number of rotatable bonds is 5. The van der Waals surface area contributed by atoms with Crippen molar-refractivity contribution in [3.05, 3.63) is 65.2 Å². The summed E-state index contributed by atoms with van der Waals surface area (Å²) in [4.78, 5) is 0. The molecule has 0 saturated carbocycles. The average Bonchev–Trinajstić information content (AvgIpc) is 2.54. The van der Waals surface area contributed by atoms with Crippen LogP contribution in [0.1, 0.15) is 49.3 Å². The molecule has 0 aromatic heterocycles. The summed E-state index contributed by atoms with van der Waals surface area (Å²) in [5.74, 6) is 0.829. The van der Waals surface area contributed by atoms with Crippen molar-refractivity contribution in [2.24, 2.45) is 0 Å². The van der Waals surface area contributed by atoms with Gasteiger partial charge in [0.25, 0.3) is 0 Å². The number of methoxy groups -OCH3 is 1. The number of halogens is 1. The summed E-state index contributed by atoms with van der Waals surface area (Å²) < 4.78 is 5.40. The SMILES string of the molecule is CCC(C)(C)c1ccc(C(Cl)c2ccccc2OC)cc1. The molecular weight excluding hydrogens is 280 g/mol. The Kier molecular flexibility index (Phi) is 4.95. The monoisotopic (exact) mass is 302 g/mol. The van der Waals surface area contributed by atoms with E-state index in [-0.39, 0.29) is 10.8 Å². The fourth-order valence-electron chi connectivity index (χ4n) is 2.36. The molecule has 0 amide bonds. The summed E-state index contributed by atoms with van der Waals surface area (Å²) in [5.41, 5.74) is 3.64. The van der Waals surface area contributed by atoms with Gasteiger partial charge in [0.2, 0.25) is 0 Å². The van der Waals surface area contributed by atoms with Gasteiger partial charge in [0, 0.05) is 5.56 Å². The lowest BCUT2D eigenvalue weighted by molar-refractivity contribution is 0.410. The Morgan fingerprint density at radius 1 is 1.05 bits per heavy atom. The summed E-state index contributed by atoms with van der Waals surface area (Å²) in [6.45, 7) is 6.74. The van der Waals surface area contributed by atoms with Crippen LogP contribution in [-0.4, -0.2) is 7.11 Å². The highest BCUT2D eigenvalue weighted by Crippen LogP contribution is 2.36. The second kappa shape index (κ2) is 6.53. The number of ether oxygens (including phenoxy) is 1. The van der Waals surface area contributed by atoms with Crippen molar-refractivity contribution in [1.29, 1.82) is 0 Å². The lowest BCUT2D eigenvalue weighted by atomic mass is 9.82. The van der Waals surface area contributed by atoms with Crippen molar-refractivity contribution in [1.82, 2.24) is 0 Å². The highest BCUT2D eigenvalue weighted by molar-refractivity contribution is 6.22. The molecule has 112 valence electrons. The Morgan fingerprint density at radius 2 is 1.67 bits per heavy atom. The van der Waals surface area contributed by atoms with Gasteiger partial charge in [-0.2, -0.15) is 0 Å². The molecule has 2 aromatic rings. The van der Waals surface area contributed by atoms with E-state index >= 15 is 0 Å². The van der Waals surface area contributed by atoms with Gasteiger partial charge in [-0.25, -0.2) is 0 Å². The number of hydrogen-bond acceptors (Lipinski definition) is 1. The molecule has 1 nitrogen and oxygen atoms in total. The maximum absolute atomic E-state index is 6.64. The summed E-state index contributed by atoms with van der Waals surface area (Å²) in [6.07, 6.45) is 1.11. The van der Waals surface area contributed by atoms with Gasteiger partial charge in [-0.15, -0.1) is 11.6 Å². The van der Waals surface area contributed by atoms with Crippen LogP contribution in [0.2, 0.25) is 0 Å². The number of hydrogen-bond donors (Lipinski definition) is 0. The smallest absolute Gasteiger partial charge is 0.123 e. The fraction of sp³-hybridized carbons (Fsp3) is 0.368. The third-order valence-corrected chi connectivity index (χ3v) is 4.77. The predicted octanol–water partition coefficient (Wildman–Crippen LogP) is 5.71. The van der Waals surface area contributed by atoms with Crippen LogP contribution in [0.3, 0.4) is 0 Å². The molecule has 0 heterocycles. The first-order valence-electron chi connectivity index (χ1n) is 7.37. The minimum absolute atomic E-state index is 0.195. The highest BCUT2D eigenvalue weighted by atomic mass is 35.5. The van der Waals surface area contributed by atoms with Crippen LogP contribution in [0.25, 0.3) is 0 Å². The van der Waals surface area contributed by atoms with Crippen LogP contribution in [0, 0.1) is 0 Å². The molecule has 0 bridgehead atoms. The summed E-state index contributed by atoms with van der Waals surface area (Å²) >= 11 is 6.64. The van der Waals surface area contributed by atoms with E-state index in [1.807, 2.05) is 24.3 Å². The largest absolute Gasteiger partial charge is 0.496 e. The molecule has 0 aliphatic rings. The molecule has 2 rings (SSSR count). The van der Waals surface area contributed by atoms with Gasteiger partial charge < -0.3 is 4.74 Å². The number of alkyl halides is 1. The summed E-state index contributed by atoms with van der Waals surface area (Å²) in [7, 11) is 1.68. The van der Waals surface area contributed by atoms with Gasteiger partial charge in [0.05, 0.1) is 12.5 Å². The van der Waals surface area contributed by atoms with Crippen molar-refractivity contribution in [2.45, 2.75) is 38.0 Å². The summed E-state index contributed by atoms with van der Waals surface area (Å²) in [5, 5.41) is -0.195. The normalized spacial score (nSPS) is 13.0. The molecule has 0 aliphatic carbocycles. The van der Waals surface area contributed by atoms with E-state index in [9.17, 15) is 0 Å². The van der Waals surface area contributed by atoms with Gasteiger partial charge in [-0.1, -0.05) is 63.2 Å². The van der Waals surface area contributed by atoms with Gasteiger partial charge in [0.15, 0.2) is 0 Å². The van der Waals surface area contributed by atoms with E-state index < -0.39 is 0 Å². The molecule has 1 unspecified atom stereocenters. The first-order chi connectivity index (χ1) is 9.99. The summed E-state index contributed by atoms with van der Waals surface area (Å²) in [6, 6.07) is 16.5. The Balaban J connectivity index is 2.30. The van der Waals surface area contributed by atoms with E-state index in [0.717, 1.165) is 23.3 Å². The molecule has 0 radical (unpaired) electrons. The fourth-order valence-corrected chi connectivity index (χ4v) is 2.69. The van der Waals surface area contributed by atoms with E-state index in [0.29, 0.717) is 0 Å². The quantitative estimate of drug-likeness (QED) is 0.643. The van der Waals surface area contributed by atoms with Crippen molar-refractivity contribution < 1.29 is 4.74 Å². The van der Waals surface area contributed by atoms with Gasteiger partial charge in [-0.3, -0.25) is 0 Å². The third kappa shape index (κ3) is 3.41. The zero-order chi connectivity index (χ0) is 15.5. The van der Waals surface area contributed by atoms with Crippen LogP contribution in [0.15, 0.2) is 48.5 Å². The van der Waals surface area contributed by atoms with Gasteiger partial charge in [-0.05, 0) is 29.0 Å². The van der Waals surface area contributed by atoms with Crippen molar-refractivity contribution in [3.63, 3.8) is 0 Å². The van der Waals surface area contributed by atoms with E-state index in [1.54, 1.807) is 7.11 Å². The van der Waals surface area contributed by atoms with E-state index in [2.05, 4.69) is 45.0 Å². The minimum atomic E-state index is -0.195. The van der Waals surface area contributed by atoms with Crippen molar-refractivity contribution >= 4 is 11.6 Å². The van der Waals surface area contributed by atoms with Crippen LogP contribution < -0.4 is 4.74 Å². The maximum Gasteiger partial charge on any atom is 0.123 e. The maximum atomic E-state index is 6.64. The van der Waals surface area contributed by atoms with Crippen LogP contribution >= 0.6 is 11.6 Å². The minimum Gasteiger partial charge on any atom is -0.496 e. The Labute approximate surface area is 132 Å². The molecule has 0 spiro atoms. The molecule has 1 atom stereocenters. The van der Waals surface area contributed by atoms with Crippen LogP contribution in [-0.2, 0) is 5.41 Å². The standard InChI is InChI=1S/C19H23ClO/c1-5-19(2,3)15-12-10-14(11-13-15)18(20)16-8-6-7-9-17(16)21-4/h6-13,18H,5H2,1-4H3. The van der Waals surface area contributed by atoms with E-state index in [1.165, 1.54) is 5.56 Å². The number of para-hydroxylation sites is 1. The van der Waals surface area contributed by atoms with Crippen molar-refractivity contribution in [2.75, 3.05) is 7.11 Å². The second-order valence-corrected chi connectivity index (χ2v) is 6.40. The van der Waals surface area contributed by atoms with Crippen LogP contribution in [0.4, 0.5) is 0 Å². The van der Waals surface area contributed by atoms with E-state index in [4.69, 9.17) is 16.3 Å². The molecule has 0 fully saturated rings. The first kappa shape index (κ1) is 15.9. The molecular formula is C19H23ClO. The highest BCUT2D eigenvalue weighted by Gasteiger charge is 2.19. The second-order valence-electron chi connectivity index (χ2n) is 5.96. The zero-order valence-electron chi connectivity index (χ0n) is 13.2. The third-order valence-electron chi connectivity index (χ3n) is 4.28. The van der Waals surface area contributed by atoms with Gasteiger partial charge in [0.1, 0.15) is 5.75 Å². The molecule has 0 aliphatic heterocycles. The number of benzene rings is 2. The zero-order valence-corrected chi connectivity index (χ0v) is 13.9. The van der Waals surface area contributed by atoms with Crippen LogP contribution in [0.5, 0.6) is 5.75 Å². The Hall–Kier alpha value is -1.47. The molecule has 2 heteroatoms. The Morgan fingerprint density at radius 3 is 2.24 bits per heavy atom. The molecule has 0 N–H and O–H groups in total. The lowest BCUT2D eigenvalue weighted by Gasteiger charge is -2.24. The predicted molar refractivity (Wildman–Crippen MR) is 90.4 cm³/mol. The Bertz CT molecular complexity index is 587. The molecule has 0 saturated heterocycles.